The molecule has 0 bridgehead atoms. The Kier molecular flexibility index (Phi) is 3.32. The Morgan fingerprint density at radius 3 is 3.00 bits per heavy atom. The summed E-state index contributed by atoms with van der Waals surface area (Å²) in [6.45, 7) is 1.53. The normalized spacial score (nSPS) is 10.2. The molecule has 0 aromatic carbocycles. The lowest BCUT2D eigenvalue weighted by Crippen LogP contribution is -2.05. The second-order valence-corrected chi connectivity index (χ2v) is 1.16. The van der Waals surface area contributed by atoms with Crippen molar-refractivity contribution in [2.45, 2.75) is 6.92 Å². The van der Waals surface area contributed by atoms with E-state index in [1.54, 1.807) is 13.0 Å². The molecule has 0 atom stereocenters. The molecule has 4 nitrogen and oxygen atoms in total. The van der Waals surface area contributed by atoms with Crippen LogP contribution in [0.3, 0.4) is 0 Å². The van der Waals surface area contributed by atoms with Gasteiger partial charge in [0.15, 0.2) is 0 Å². The van der Waals surface area contributed by atoms with E-state index in [0.29, 0.717) is 5.84 Å². The van der Waals surface area contributed by atoms with Gasteiger partial charge in [0.05, 0.1) is 0 Å². The SMILES string of the molecule is CC(N)=NOCC#N. The van der Waals surface area contributed by atoms with Crippen molar-refractivity contribution in [2.24, 2.45) is 10.9 Å². The van der Waals surface area contributed by atoms with Gasteiger partial charge in [-0.1, -0.05) is 5.16 Å². The maximum atomic E-state index is 7.89. The fourth-order valence-corrected chi connectivity index (χ4v) is 0.163. The molecule has 2 N–H and O–H groups in total. The van der Waals surface area contributed by atoms with Crippen LogP contribution < -0.4 is 5.73 Å². The van der Waals surface area contributed by atoms with Crippen molar-refractivity contribution in [2.75, 3.05) is 6.61 Å². The molecule has 0 saturated heterocycles. The molecular formula is C4H7N3O. The number of rotatable bonds is 2. The summed E-state index contributed by atoms with van der Waals surface area (Å²) in [5.41, 5.74) is 5.05. The summed E-state index contributed by atoms with van der Waals surface area (Å²) >= 11 is 0. The first-order valence-corrected chi connectivity index (χ1v) is 2.06. The number of nitrogens with two attached hydrogens (primary N) is 1. The van der Waals surface area contributed by atoms with E-state index in [2.05, 4.69) is 9.99 Å². The number of hydrogen-bond donors (Lipinski definition) is 1. The molecule has 0 aliphatic heterocycles. The minimum Gasteiger partial charge on any atom is -0.385 e. The van der Waals surface area contributed by atoms with Gasteiger partial charge in [0.2, 0.25) is 6.61 Å². The highest BCUT2D eigenvalue weighted by Crippen LogP contribution is 1.71. The van der Waals surface area contributed by atoms with Crippen molar-refractivity contribution in [3.05, 3.63) is 0 Å². The molecule has 0 amide bonds. The summed E-state index contributed by atoms with van der Waals surface area (Å²) in [4.78, 5) is 4.35. The molecule has 0 fully saturated rings. The molecule has 0 aromatic rings. The van der Waals surface area contributed by atoms with Gasteiger partial charge in [-0.05, 0) is 6.92 Å². The molecule has 0 unspecified atom stereocenters. The summed E-state index contributed by atoms with van der Waals surface area (Å²) in [5.74, 6) is 0.320. The quantitative estimate of drug-likeness (QED) is 0.233. The van der Waals surface area contributed by atoms with Crippen LogP contribution in [0.15, 0.2) is 5.16 Å². The van der Waals surface area contributed by atoms with Crippen LogP contribution in [0.1, 0.15) is 6.92 Å². The summed E-state index contributed by atoms with van der Waals surface area (Å²) in [6, 6.07) is 1.74. The monoisotopic (exact) mass is 113 g/mol. The van der Waals surface area contributed by atoms with Crippen LogP contribution in [0.2, 0.25) is 0 Å². The highest BCUT2D eigenvalue weighted by Gasteiger charge is 1.77. The molecule has 44 valence electrons. The van der Waals surface area contributed by atoms with Gasteiger partial charge in [-0.3, -0.25) is 0 Å². The summed E-state index contributed by atoms with van der Waals surface area (Å²) in [7, 11) is 0. The molecule has 0 saturated carbocycles. The van der Waals surface area contributed by atoms with E-state index in [-0.39, 0.29) is 6.61 Å². The third kappa shape index (κ3) is 4.76. The zero-order chi connectivity index (χ0) is 6.41. The topological polar surface area (TPSA) is 71.4 Å². The first kappa shape index (κ1) is 6.76. The van der Waals surface area contributed by atoms with Gasteiger partial charge in [-0.25, -0.2) is 0 Å². The minimum absolute atomic E-state index is 0.0471. The molecule has 0 aliphatic rings. The largest absolute Gasteiger partial charge is 0.385 e. The molecule has 0 heterocycles. The number of amidine groups is 1. The maximum Gasteiger partial charge on any atom is 0.202 e. The van der Waals surface area contributed by atoms with Crippen molar-refractivity contribution < 1.29 is 4.84 Å². The fraction of sp³-hybridized carbons (Fsp3) is 0.500. The Labute approximate surface area is 47.5 Å². The second kappa shape index (κ2) is 3.93. The first-order chi connectivity index (χ1) is 3.77. The van der Waals surface area contributed by atoms with E-state index in [0.717, 1.165) is 0 Å². The van der Waals surface area contributed by atoms with Crippen LogP contribution in [0.4, 0.5) is 0 Å². The van der Waals surface area contributed by atoms with Gasteiger partial charge < -0.3 is 10.6 Å². The number of oxime groups is 1. The van der Waals surface area contributed by atoms with Crippen molar-refractivity contribution >= 4 is 5.84 Å². The van der Waals surface area contributed by atoms with Crippen LogP contribution in [0.25, 0.3) is 0 Å². The highest BCUT2D eigenvalue weighted by molar-refractivity contribution is 5.76. The van der Waals surface area contributed by atoms with E-state index in [1.807, 2.05) is 0 Å². The Hall–Kier alpha value is -1.24. The van der Waals surface area contributed by atoms with Crippen LogP contribution in [0, 0.1) is 11.3 Å². The molecule has 0 rings (SSSR count). The van der Waals surface area contributed by atoms with Crippen LogP contribution >= 0.6 is 0 Å². The minimum atomic E-state index is -0.0471. The van der Waals surface area contributed by atoms with E-state index < -0.39 is 0 Å². The lowest BCUT2D eigenvalue weighted by molar-refractivity contribution is 0.178. The first-order valence-electron chi connectivity index (χ1n) is 2.06. The molecule has 0 aromatic heterocycles. The average Bonchev–Trinajstić information content (AvgIpc) is 1.66. The zero-order valence-electron chi connectivity index (χ0n) is 4.59. The van der Waals surface area contributed by atoms with E-state index in [9.17, 15) is 0 Å². The van der Waals surface area contributed by atoms with Gasteiger partial charge in [0.25, 0.3) is 0 Å². The van der Waals surface area contributed by atoms with Crippen molar-refractivity contribution in [3.8, 4) is 6.07 Å². The maximum absolute atomic E-state index is 7.89. The van der Waals surface area contributed by atoms with Crippen LogP contribution in [0.5, 0.6) is 0 Å². The van der Waals surface area contributed by atoms with Gasteiger partial charge in [-0.15, -0.1) is 0 Å². The van der Waals surface area contributed by atoms with E-state index in [1.165, 1.54) is 0 Å². The molecule has 0 radical (unpaired) electrons. The average molecular weight is 113 g/mol. The fourth-order valence-electron chi connectivity index (χ4n) is 0.163. The van der Waals surface area contributed by atoms with E-state index in [4.69, 9.17) is 11.0 Å². The van der Waals surface area contributed by atoms with Gasteiger partial charge in [0.1, 0.15) is 11.9 Å². The lowest BCUT2D eigenvalue weighted by atomic mass is 10.7. The zero-order valence-corrected chi connectivity index (χ0v) is 4.59. The highest BCUT2D eigenvalue weighted by atomic mass is 16.6. The Morgan fingerprint density at radius 1 is 2.00 bits per heavy atom. The molecule has 4 heteroatoms. The number of hydrogen-bond acceptors (Lipinski definition) is 3. The van der Waals surface area contributed by atoms with Crippen molar-refractivity contribution in [3.63, 3.8) is 0 Å². The molecular weight excluding hydrogens is 106 g/mol. The van der Waals surface area contributed by atoms with Crippen LogP contribution in [-0.4, -0.2) is 12.4 Å². The Balaban J connectivity index is 3.20. The predicted molar refractivity (Wildman–Crippen MR) is 28.9 cm³/mol. The lowest BCUT2D eigenvalue weighted by Gasteiger charge is -1.88. The number of nitrogens with zero attached hydrogens (tertiary/aromatic N) is 2. The van der Waals surface area contributed by atoms with Crippen LogP contribution in [-0.2, 0) is 4.84 Å². The van der Waals surface area contributed by atoms with Gasteiger partial charge in [0, 0.05) is 0 Å². The summed E-state index contributed by atoms with van der Waals surface area (Å²) in [5, 5.41) is 11.2. The van der Waals surface area contributed by atoms with Gasteiger partial charge >= 0.3 is 0 Å². The summed E-state index contributed by atoms with van der Waals surface area (Å²) < 4.78 is 0. The van der Waals surface area contributed by atoms with E-state index >= 15 is 0 Å². The third-order valence-electron chi connectivity index (χ3n) is 0.338. The molecule has 0 spiro atoms. The summed E-state index contributed by atoms with van der Waals surface area (Å²) in [6.07, 6.45) is 0. The molecule has 0 aliphatic carbocycles. The standard InChI is InChI=1S/C4H7N3O/c1-4(6)7-8-3-2-5/h3H2,1H3,(H2,6,7). The van der Waals surface area contributed by atoms with Gasteiger partial charge in [-0.2, -0.15) is 5.26 Å². The molecule has 8 heavy (non-hydrogen) atoms. The second-order valence-electron chi connectivity index (χ2n) is 1.16. The predicted octanol–water partition coefficient (Wildman–Crippen LogP) is -0.181. The van der Waals surface area contributed by atoms with Crippen molar-refractivity contribution in [1.82, 2.24) is 0 Å². The Bertz CT molecular complexity index is 120. The Morgan fingerprint density at radius 2 is 2.62 bits per heavy atom. The third-order valence-corrected chi connectivity index (χ3v) is 0.338. The number of nitriles is 1. The van der Waals surface area contributed by atoms with Crippen molar-refractivity contribution in [1.29, 1.82) is 5.26 Å². The smallest absolute Gasteiger partial charge is 0.202 e.